The number of aromatic nitrogens is 5. The molecule has 0 spiro atoms. The van der Waals surface area contributed by atoms with Gasteiger partial charge in [0.2, 0.25) is 0 Å². The first kappa shape index (κ1) is 28.8. The monoisotopic (exact) mass is 714 g/mol. The van der Waals surface area contributed by atoms with Crippen molar-refractivity contribution in [2.45, 2.75) is 0 Å². The first-order valence-electron chi connectivity index (χ1n) is 12.6. The third-order valence-corrected chi connectivity index (χ3v) is 6.76. The van der Waals surface area contributed by atoms with Crippen molar-refractivity contribution in [3.63, 3.8) is 0 Å². The first-order valence-corrected chi connectivity index (χ1v) is 12.6. The van der Waals surface area contributed by atoms with Crippen LogP contribution < -0.4 is 10.9 Å². The van der Waals surface area contributed by atoms with Crippen LogP contribution in [-0.2, 0) is 35.2 Å². The van der Waals surface area contributed by atoms with Crippen LogP contribution in [0.25, 0.3) is 11.3 Å². The summed E-state index contributed by atoms with van der Waals surface area (Å²) < 4.78 is 35.5. The molecule has 0 saturated carbocycles. The van der Waals surface area contributed by atoms with Crippen molar-refractivity contribution in [2.75, 3.05) is 0 Å². The van der Waals surface area contributed by atoms with E-state index in [0.29, 0.717) is 0 Å². The van der Waals surface area contributed by atoms with Crippen molar-refractivity contribution in [3.8, 4) is 11.3 Å². The van der Waals surface area contributed by atoms with Crippen LogP contribution in [0.2, 0.25) is 0 Å². The van der Waals surface area contributed by atoms with E-state index in [2.05, 4.69) is 20.0 Å². The van der Waals surface area contributed by atoms with Gasteiger partial charge in [-0.15, -0.1) is 35.9 Å². The molecule has 3 aromatic heterocycles. The Kier molecular flexibility index (Phi) is 9.23. The number of nitrogens with zero attached hydrogens (tertiary/aromatic N) is 5. The Morgan fingerprint density at radius 3 is 1.60 bits per heavy atom. The normalized spacial score (nSPS) is 10.8. The van der Waals surface area contributed by atoms with Crippen LogP contribution in [0.3, 0.4) is 0 Å². The number of pyridine rings is 1. The Morgan fingerprint density at radius 1 is 0.675 bits per heavy atom. The Labute approximate surface area is 247 Å². The topological polar surface area (TPSA) is 32.6 Å². The number of benzene rings is 3. The average molecular weight is 714 g/mol. The fourth-order valence-electron chi connectivity index (χ4n) is 4.95. The van der Waals surface area contributed by atoms with E-state index in [4.69, 9.17) is 0 Å². The maximum absolute atomic E-state index is 13.7. The van der Waals surface area contributed by atoms with Gasteiger partial charge in [-0.3, -0.25) is 0 Å². The summed E-state index contributed by atoms with van der Waals surface area (Å²) in [7, 11) is 3.89. The minimum Gasteiger partial charge on any atom is -0.366 e. The molecule has 6 rings (SSSR count). The van der Waals surface area contributed by atoms with Crippen LogP contribution in [0.15, 0.2) is 135 Å². The number of halogens is 2. The smallest absolute Gasteiger partial charge is 0.302 e. The van der Waals surface area contributed by atoms with Crippen molar-refractivity contribution < 1.29 is 29.8 Å². The van der Waals surface area contributed by atoms with Gasteiger partial charge in [0.25, 0.3) is 0 Å². The summed E-state index contributed by atoms with van der Waals surface area (Å²) in [6.45, 7) is 0. The van der Waals surface area contributed by atoms with Gasteiger partial charge in [0, 0.05) is 41.4 Å². The molecule has 5 nitrogen and oxygen atoms in total. The maximum Gasteiger partial charge on any atom is 0.302 e. The molecule has 0 bridgehead atoms. The molecule has 0 amide bonds. The molecule has 0 unspecified atom stereocenters. The van der Waals surface area contributed by atoms with Gasteiger partial charge in [-0.05, 0) is 36.0 Å². The maximum atomic E-state index is 13.7. The molecule has 0 aliphatic heterocycles. The van der Waals surface area contributed by atoms with Crippen LogP contribution in [-0.4, -0.2) is 29.5 Å². The van der Waals surface area contributed by atoms with Gasteiger partial charge in [0.05, 0.1) is 0 Å². The average Bonchev–Trinajstić information content (AvgIpc) is 3.61. The van der Waals surface area contributed by atoms with Crippen molar-refractivity contribution in [1.29, 1.82) is 0 Å². The summed E-state index contributed by atoms with van der Waals surface area (Å²) in [4.78, 5) is 4.22. The predicted octanol–water partition coefficient (Wildman–Crippen LogP) is 5.01. The Bertz CT molecular complexity index is 1510. The van der Waals surface area contributed by atoms with Crippen LogP contribution in [0, 0.1) is 17.7 Å². The fraction of sp³-hybridized carbons (Fsp3) is 0.0645. The van der Waals surface area contributed by atoms with Crippen LogP contribution in [0.5, 0.6) is 0 Å². The summed E-state index contributed by atoms with van der Waals surface area (Å²) in [5.41, 5.74) is 3.84. The van der Waals surface area contributed by atoms with Gasteiger partial charge in [-0.2, -0.15) is 10.9 Å². The van der Waals surface area contributed by atoms with Gasteiger partial charge < -0.3 is 13.9 Å². The number of aryl methyl sites for hydroxylation is 2. The number of rotatable bonds is 5. The second kappa shape index (κ2) is 12.8. The van der Waals surface area contributed by atoms with Gasteiger partial charge in [0.1, 0.15) is 36.7 Å². The molecule has 204 valence electrons. The van der Waals surface area contributed by atoms with E-state index in [1.165, 1.54) is 24.3 Å². The van der Waals surface area contributed by atoms with Crippen LogP contribution in [0.4, 0.5) is 8.78 Å². The van der Waals surface area contributed by atoms with E-state index in [1.807, 2.05) is 103 Å². The third kappa shape index (κ3) is 6.02. The summed E-state index contributed by atoms with van der Waals surface area (Å²) in [6, 6.07) is 29.8. The van der Waals surface area contributed by atoms with Gasteiger partial charge in [0.15, 0.2) is 12.4 Å². The molecule has 40 heavy (non-hydrogen) atoms. The first-order chi connectivity index (χ1) is 19.0. The molecule has 0 radical (unpaired) electrons. The molecule has 0 aliphatic carbocycles. The van der Waals surface area contributed by atoms with E-state index in [9.17, 15) is 8.78 Å². The Morgan fingerprint density at radius 2 is 1.20 bits per heavy atom. The van der Waals surface area contributed by atoms with E-state index in [0.717, 1.165) is 22.2 Å². The third-order valence-electron chi connectivity index (χ3n) is 6.76. The number of imidazole rings is 2. The van der Waals surface area contributed by atoms with Gasteiger partial charge >= 0.3 is 6.42 Å². The predicted molar refractivity (Wildman–Crippen MR) is 153 cm³/mol. The minimum absolute atomic E-state index is 0. The summed E-state index contributed by atoms with van der Waals surface area (Å²) in [5.74, 6) is -0.586. The van der Waals surface area contributed by atoms with Crippen molar-refractivity contribution in [1.82, 2.24) is 23.1 Å². The van der Waals surface area contributed by atoms with E-state index in [1.54, 1.807) is 30.5 Å². The molecular formula is C31H28BF2N5Pt. The molecule has 3 heterocycles. The SMILES string of the molecule is Cn1ccn([B-](c2ccc(F)cc2)(c2ccc(F)cc2)n2ccn(C)[cH+]2)[cH+]1.[Pt].[c-]1ccccc1-c1ccccn1. The minimum atomic E-state index is -1.74. The summed E-state index contributed by atoms with van der Waals surface area (Å²) in [5, 5.41) is 0. The zero-order valence-electron chi connectivity index (χ0n) is 22.1. The van der Waals surface area contributed by atoms with Crippen molar-refractivity contribution in [3.05, 3.63) is 152 Å². The Hall–Kier alpha value is -4.16. The van der Waals surface area contributed by atoms with Crippen LogP contribution >= 0.6 is 0 Å². The van der Waals surface area contributed by atoms with Gasteiger partial charge in [-0.1, -0.05) is 36.4 Å². The molecule has 3 aromatic carbocycles. The summed E-state index contributed by atoms with van der Waals surface area (Å²) >= 11 is 0. The second-order valence-corrected chi connectivity index (χ2v) is 9.42. The largest absolute Gasteiger partial charge is 0.366 e. The van der Waals surface area contributed by atoms with Crippen LogP contribution in [0.1, 0.15) is 0 Å². The summed E-state index contributed by atoms with van der Waals surface area (Å²) in [6.07, 6.45) is 11.9. The fourth-order valence-corrected chi connectivity index (χ4v) is 4.95. The van der Waals surface area contributed by atoms with Crippen molar-refractivity contribution in [2.24, 2.45) is 14.1 Å². The second-order valence-electron chi connectivity index (χ2n) is 9.42. The number of hydrogen-bond acceptors (Lipinski definition) is 1. The number of hydrogen-bond donors (Lipinski definition) is 0. The quantitative estimate of drug-likeness (QED) is 0.183. The van der Waals surface area contributed by atoms with E-state index >= 15 is 0 Å². The zero-order chi connectivity index (χ0) is 27.2. The molecule has 9 heteroatoms. The molecule has 0 N–H and O–H groups in total. The van der Waals surface area contributed by atoms with E-state index in [-0.39, 0.29) is 32.7 Å². The Balaban J connectivity index is 0.000000238. The molecule has 0 atom stereocenters. The van der Waals surface area contributed by atoms with Gasteiger partial charge in [-0.25, -0.2) is 17.9 Å². The van der Waals surface area contributed by atoms with Crippen molar-refractivity contribution >= 4 is 17.3 Å². The molecule has 6 aromatic rings. The molecule has 0 fully saturated rings. The molecular weight excluding hydrogens is 686 g/mol. The zero-order valence-corrected chi connectivity index (χ0v) is 24.4. The molecule has 0 saturated heterocycles. The standard InChI is InChI=1S/C20H20BF2N4.C11H8N.Pt/c1-24-11-13-26(15-24)21(27-14-12-25(2)16-27,17-3-7-19(22)8-4-17)18-5-9-20(23)10-6-18;1-2-6-10(7-3-1)11-8-4-5-9-12-11;/h3-16H,1-2H3;1-6,8-9H;/q+1;-1;. The van der Waals surface area contributed by atoms with E-state index < -0.39 is 6.42 Å². The molecule has 0 aliphatic rings.